The summed E-state index contributed by atoms with van der Waals surface area (Å²) in [5, 5.41) is 9.05. The maximum absolute atomic E-state index is 12.7. The van der Waals surface area contributed by atoms with Crippen molar-refractivity contribution in [3.05, 3.63) is 44.5 Å². The van der Waals surface area contributed by atoms with Crippen LogP contribution in [0.3, 0.4) is 0 Å². The minimum atomic E-state index is -4.66. The minimum absolute atomic E-state index is 0.0412. The fourth-order valence-electron chi connectivity index (χ4n) is 1.94. The molecule has 0 aliphatic carbocycles. The SMILES string of the molecule is O=c1c(O)c(-c2ccccc2Cl)[nH]c2sc(C(F)(F)F)nc12. The summed E-state index contributed by atoms with van der Waals surface area (Å²) < 4.78 is 38.1. The van der Waals surface area contributed by atoms with E-state index in [2.05, 4.69) is 9.97 Å². The number of hydrogen-bond acceptors (Lipinski definition) is 4. The highest BCUT2D eigenvalue weighted by Crippen LogP contribution is 2.37. The van der Waals surface area contributed by atoms with Crippen molar-refractivity contribution >= 4 is 33.3 Å². The summed E-state index contributed by atoms with van der Waals surface area (Å²) in [7, 11) is 0. The Labute approximate surface area is 129 Å². The van der Waals surface area contributed by atoms with Crippen LogP contribution >= 0.6 is 22.9 Å². The molecule has 0 radical (unpaired) electrons. The van der Waals surface area contributed by atoms with Gasteiger partial charge in [-0.3, -0.25) is 4.79 Å². The van der Waals surface area contributed by atoms with Gasteiger partial charge in [-0.15, -0.1) is 0 Å². The van der Waals surface area contributed by atoms with E-state index in [-0.39, 0.29) is 15.5 Å². The molecule has 0 aliphatic rings. The first-order chi connectivity index (χ1) is 10.3. The molecule has 2 heterocycles. The summed E-state index contributed by atoms with van der Waals surface area (Å²) in [5.41, 5.74) is -1.16. The smallest absolute Gasteiger partial charge is 0.443 e. The van der Waals surface area contributed by atoms with Crippen LogP contribution in [-0.2, 0) is 6.18 Å². The zero-order chi connectivity index (χ0) is 16.1. The minimum Gasteiger partial charge on any atom is -0.503 e. The van der Waals surface area contributed by atoms with Crippen LogP contribution in [0.1, 0.15) is 5.01 Å². The number of H-pyrrole nitrogens is 1. The number of nitrogens with one attached hydrogen (secondary N) is 1. The van der Waals surface area contributed by atoms with Gasteiger partial charge in [0.05, 0.1) is 10.7 Å². The van der Waals surface area contributed by atoms with Gasteiger partial charge in [0.2, 0.25) is 5.01 Å². The van der Waals surface area contributed by atoms with Crippen LogP contribution < -0.4 is 5.43 Å². The molecule has 0 aliphatic heterocycles. The largest absolute Gasteiger partial charge is 0.503 e. The average Bonchev–Trinajstić information content (AvgIpc) is 2.88. The molecule has 2 aromatic heterocycles. The Morgan fingerprint density at radius 2 is 1.95 bits per heavy atom. The van der Waals surface area contributed by atoms with Crippen LogP contribution in [0.2, 0.25) is 5.02 Å². The maximum atomic E-state index is 12.7. The molecule has 0 unspecified atom stereocenters. The number of fused-ring (bicyclic) bond motifs is 1. The van der Waals surface area contributed by atoms with Crippen molar-refractivity contribution in [3.63, 3.8) is 0 Å². The Morgan fingerprint density at radius 3 is 2.59 bits per heavy atom. The number of rotatable bonds is 1. The second-order valence-electron chi connectivity index (χ2n) is 4.35. The molecule has 0 atom stereocenters. The molecule has 0 saturated heterocycles. The molecule has 0 saturated carbocycles. The molecule has 1 aromatic carbocycles. The number of hydrogen-bond donors (Lipinski definition) is 2. The Bertz CT molecular complexity index is 933. The van der Waals surface area contributed by atoms with Crippen molar-refractivity contribution in [1.82, 2.24) is 9.97 Å². The fourth-order valence-corrected chi connectivity index (χ4v) is 3.00. The number of aromatic amines is 1. The topological polar surface area (TPSA) is 66.0 Å². The lowest BCUT2D eigenvalue weighted by Gasteiger charge is -2.06. The molecule has 114 valence electrons. The highest BCUT2D eigenvalue weighted by molar-refractivity contribution is 7.18. The molecular formula is C13H6ClF3N2O2S. The van der Waals surface area contributed by atoms with Crippen LogP contribution in [0.25, 0.3) is 21.6 Å². The lowest BCUT2D eigenvalue weighted by Crippen LogP contribution is -2.07. The first kappa shape index (κ1) is 14.9. The van der Waals surface area contributed by atoms with Crippen molar-refractivity contribution in [1.29, 1.82) is 0 Å². The average molecular weight is 347 g/mol. The zero-order valence-electron chi connectivity index (χ0n) is 10.5. The summed E-state index contributed by atoms with van der Waals surface area (Å²) in [6.45, 7) is 0. The van der Waals surface area contributed by atoms with E-state index in [1.54, 1.807) is 12.1 Å². The van der Waals surface area contributed by atoms with Gasteiger partial charge < -0.3 is 10.1 Å². The van der Waals surface area contributed by atoms with Gasteiger partial charge in [-0.1, -0.05) is 41.1 Å². The zero-order valence-corrected chi connectivity index (χ0v) is 12.1. The van der Waals surface area contributed by atoms with Crippen LogP contribution in [0.15, 0.2) is 29.1 Å². The monoisotopic (exact) mass is 346 g/mol. The van der Waals surface area contributed by atoms with E-state index >= 15 is 0 Å². The molecule has 0 spiro atoms. The molecule has 2 N–H and O–H groups in total. The standard InChI is InChI=1S/C13H6ClF3N2O2S/c14-6-4-2-1-3-5(6)7-9(20)10(21)8-11(18-7)22-12(19-8)13(15,16)17/h1-4,20H,(H,18,21). The van der Waals surface area contributed by atoms with Gasteiger partial charge in [0.25, 0.3) is 5.43 Å². The maximum Gasteiger partial charge on any atom is 0.443 e. The number of halogens is 4. The predicted octanol–water partition coefficient (Wildman–Crippen LogP) is 4.03. The Hall–Kier alpha value is -2.06. The second-order valence-corrected chi connectivity index (χ2v) is 5.76. The molecule has 9 heteroatoms. The van der Waals surface area contributed by atoms with Crippen molar-refractivity contribution < 1.29 is 18.3 Å². The number of alkyl halides is 3. The summed E-state index contributed by atoms with van der Waals surface area (Å²) in [6.07, 6.45) is -4.66. The molecule has 0 fully saturated rings. The quantitative estimate of drug-likeness (QED) is 0.699. The number of benzene rings is 1. The van der Waals surface area contributed by atoms with Crippen molar-refractivity contribution in [2.75, 3.05) is 0 Å². The summed E-state index contributed by atoms with van der Waals surface area (Å²) in [5.74, 6) is -0.723. The fraction of sp³-hybridized carbons (Fsp3) is 0.0769. The number of aromatic nitrogens is 2. The highest BCUT2D eigenvalue weighted by atomic mass is 35.5. The van der Waals surface area contributed by atoms with E-state index in [0.717, 1.165) is 0 Å². The van der Waals surface area contributed by atoms with E-state index in [9.17, 15) is 23.1 Å². The molecule has 0 amide bonds. The highest BCUT2D eigenvalue weighted by Gasteiger charge is 2.36. The van der Waals surface area contributed by atoms with E-state index < -0.39 is 27.9 Å². The lowest BCUT2D eigenvalue weighted by molar-refractivity contribution is -0.137. The molecular weight excluding hydrogens is 341 g/mol. The predicted molar refractivity (Wildman–Crippen MR) is 77.4 cm³/mol. The second kappa shape index (κ2) is 4.99. The molecule has 22 heavy (non-hydrogen) atoms. The van der Waals surface area contributed by atoms with Crippen LogP contribution in [0.5, 0.6) is 5.75 Å². The molecule has 3 aromatic rings. The van der Waals surface area contributed by atoms with Gasteiger partial charge in [0.1, 0.15) is 10.3 Å². The van der Waals surface area contributed by atoms with Gasteiger partial charge in [-0.2, -0.15) is 13.2 Å². The Balaban J connectivity index is 2.33. The first-order valence-corrected chi connectivity index (χ1v) is 7.06. The Kier molecular flexibility index (Phi) is 3.37. The van der Waals surface area contributed by atoms with E-state index in [4.69, 9.17) is 11.6 Å². The molecule has 0 bridgehead atoms. The molecule has 3 rings (SSSR count). The van der Waals surface area contributed by atoms with Gasteiger partial charge in [-0.25, -0.2) is 4.98 Å². The third-order valence-corrected chi connectivity index (χ3v) is 4.26. The summed E-state index contributed by atoms with van der Waals surface area (Å²) in [6, 6.07) is 6.34. The number of nitrogens with zero attached hydrogens (tertiary/aromatic N) is 1. The summed E-state index contributed by atoms with van der Waals surface area (Å²) >= 11 is 6.28. The van der Waals surface area contributed by atoms with Crippen molar-refractivity contribution in [2.45, 2.75) is 6.18 Å². The third-order valence-electron chi connectivity index (χ3n) is 2.92. The number of thiazole rings is 1. The van der Waals surface area contributed by atoms with Gasteiger partial charge in [0.15, 0.2) is 5.75 Å². The third kappa shape index (κ3) is 2.34. The van der Waals surface area contributed by atoms with E-state index in [0.29, 0.717) is 16.9 Å². The van der Waals surface area contributed by atoms with Gasteiger partial charge in [0, 0.05) is 5.56 Å². The van der Waals surface area contributed by atoms with E-state index in [1.807, 2.05) is 0 Å². The van der Waals surface area contributed by atoms with Crippen molar-refractivity contribution in [3.8, 4) is 17.0 Å². The van der Waals surface area contributed by atoms with Crippen LogP contribution in [0.4, 0.5) is 13.2 Å². The normalized spacial score (nSPS) is 12.0. The first-order valence-electron chi connectivity index (χ1n) is 5.87. The number of aromatic hydroxyl groups is 1. The van der Waals surface area contributed by atoms with Crippen LogP contribution in [-0.4, -0.2) is 15.1 Å². The van der Waals surface area contributed by atoms with Crippen molar-refractivity contribution in [2.24, 2.45) is 0 Å². The van der Waals surface area contributed by atoms with Gasteiger partial charge in [-0.05, 0) is 6.07 Å². The number of pyridine rings is 1. The Morgan fingerprint density at radius 1 is 1.27 bits per heavy atom. The van der Waals surface area contributed by atoms with E-state index in [1.165, 1.54) is 12.1 Å². The van der Waals surface area contributed by atoms with Crippen LogP contribution in [0, 0.1) is 0 Å². The summed E-state index contributed by atoms with van der Waals surface area (Å²) in [4.78, 5) is 17.8. The van der Waals surface area contributed by atoms with Gasteiger partial charge >= 0.3 is 6.18 Å². The molecule has 4 nitrogen and oxygen atoms in total. The lowest BCUT2D eigenvalue weighted by atomic mass is 10.1.